The van der Waals surface area contributed by atoms with E-state index in [1.807, 2.05) is 19.1 Å². The molecule has 92 valence electrons. The summed E-state index contributed by atoms with van der Waals surface area (Å²) in [6.45, 7) is 2.34. The third-order valence-electron chi connectivity index (χ3n) is 2.93. The summed E-state index contributed by atoms with van der Waals surface area (Å²) in [5, 5.41) is 0. The van der Waals surface area contributed by atoms with Crippen LogP contribution < -0.4 is 9.47 Å². The molecule has 1 atom stereocenters. The van der Waals surface area contributed by atoms with Gasteiger partial charge in [-0.05, 0) is 30.5 Å². The van der Waals surface area contributed by atoms with Crippen LogP contribution in [0.2, 0.25) is 0 Å². The van der Waals surface area contributed by atoms with Crippen molar-refractivity contribution in [1.82, 2.24) is 0 Å². The van der Waals surface area contributed by atoms with E-state index in [2.05, 4.69) is 0 Å². The van der Waals surface area contributed by atoms with Gasteiger partial charge in [-0.1, -0.05) is 6.07 Å². The molecule has 1 aromatic carbocycles. The summed E-state index contributed by atoms with van der Waals surface area (Å²) in [5.74, 6) is 1.02. The molecular weight excluding hydrogens is 220 g/mol. The van der Waals surface area contributed by atoms with Crippen molar-refractivity contribution in [3.63, 3.8) is 0 Å². The molecule has 0 bridgehead atoms. The van der Waals surface area contributed by atoms with Crippen LogP contribution in [0, 0.1) is 12.8 Å². The summed E-state index contributed by atoms with van der Waals surface area (Å²) >= 11 is 0. The number of hydrogen-bond donors (Lipinski definition) is 0. The highest BCUT2D eigenvalue weighted by atomic mass is 16.5. The van der Waals surface area contributed by atoms with Gasteiger partial charge >= 0.3 is 5.97 Å². The number of esters is 1. The molecule has 0 spiro atoms. The van der Waals surface area contributed by atoms with E-state index in [-0.39, 0.29) is 11.9 Å². The molecule has 1 aliphatic heterocycles. The Morgan fingerprint density at radius 2 is 2.18 bits per heavy atom. The lowest BCUT2D eigenvalue weighted by Crippen LogP contribution is -2.29. The van der Waals surface area contributed by atoms with Gasteiger partial charge in [-0.2, -0.15) is 0 Å². The summed E-state index contributed by atoms with van der Waals surface area (Å²) < 4.78 is 15.6. The first-order chi connectivity index (χ1) is 8.15. The van der Waals surface area contributed by atoms with Gasteiger partial charge in [-0.3, -0.25) is 4.79 Å². The fourth-order valence-electron chi connectivity index (χ4n) is 2.11. The Labute approximate surface area is 100 Å². The normalized spacial score (nSPS) is 17.9. The molecule has 2 rings (SSSR count). The lowest BCUT2D eigenvalue weighted by atomic mass is 9.95. The predicted molar refractivity (Wildman–Crippen MR) is 62.4 cm³/mol. The Bertz CT molecular complexity index is 439. The quantitative estimate of drug-likeness (QED) is 0.733. The lowest BCUT2D eigenvalue weighted by molar-refractivity contribution is -0.146. The summed E-state index contributed by atoms with van der Waals surface area (Å²) in [4.78, 5) is 11.5. The molecule has 0 saturated carbocycles. The van der Waals surface area contributed by atoms with Crippen LogP contribution in [0.5, 0.6) is 11.5 Å². The molecule has 1 aliphatic rings. The standard InChI is InChI=1S/C13H16O4/c1-8-4-9-6-10(13(14)16-3)7-17-12(9)11(5-8)15-2/h4-5,10H,6-7H2,1-3H3. The van der Waals surface area contributed by atoms with E-state index >= 15 is 0 Å². The van der Waals surface area contributed by atoms with E-state index in [1.54, 1.807) is 7.11 Å². The Kier molecular flexibility index (Phi) is 3.22. The molecule has 1 unspecified atom stereocenters. The highest BCUT2D eigenvalue weighted by molar-refractivity contribution is 5.73. The second-order valence-corrected chi connectivity index (χ2v) is 4.19. The Hall–Kier alpha value is -1.71. The minimum absolute atomic E-state index is 0.223. The number of aryl methyl sites for hydroxylation is 1. The number of carbonyl (C=O) groups excluding carboxylic acids is 1. The molecular formula is C13H16O4. The smallest absolute Gasteiger partial charge is 0.312 e. The highest BCUT2D eigenvalue weighted by Crippen LogP contribution is 2.37. The van der Waals surface area contributed by atoms with Crippen molar-refractivity contribution >= 4 is 5.97 Å². The SMILES string of the molecule is COC(=O)C1COc2c(cc(C)cc2OC)C1. The summed E-state index contributed by atoms with van der Waals surface area (Å²) in [6, 6.07) is 3.95. The second kappa shape index (κ2) is 4.65. The van der Waals surface area contributed by atoms with Crippen molar-refractivity contribution in [2.75, 3.05) is 20.8 Å². The van der Waals surface area contributed by atoms with Gasteiger partial charge < -0.3 is 14.2 Å². The molecule has 0 radical (unpaired) electrons. The molecule has 0 aliphatic carbocycles. The van der Waals surface area contributed by atoms with Gasteiger partial charge in [0, 0.05) is 0 Å². The van der Waals surface area contributed by atoms with Crippen LogP contribution in [-0.4, -0.2) is 26.8 Å². The fourth-order valence-corrected chi connectivity index (χ4v) is 2.11. The van der Waals surface area contributed by atoms with Crippen LogP contribution in [0.4, 0.5) is 0 Å². The molecule has 0 fully saturated rings. The summed E-state index contributed by atoms with van der Waals surface area (Å²) in [7, 11) is 3.01. The van der Waals surface area contributed by atoms with E-state index in [1.165, 1.54) is 7.11 Å². The van der Waals surface area contributed by atoms with Crippen LogP contribution >= 0.6 is 0 Å². The molecule has 0 saturated heterocycles. The summed E-state index contributed by atoms with van der Waals surface area (Å²) in [6.07, 6.45) is 0.639. The zero-order valence-electron chi connectivity index (χ0n) is 10.3. The number of hydrogen-bond acceptors (Lipinski definition) is 4. The van der Waals surface area contributed by atoms with E-state index in [9.17, 15) is 4.79 Å². The van der Waals surface area contributed by atoms with Gasteiger partial charge in [0.1, 0.15) is 6.61 Å². The molecule has 1 aromatic rings. The molecule has 1 heterocycles. The number of ether oxygens (including phenoxy) is 3. The largest absolute Gasteiger partial charge is 0.493 e. The second-order valence-electron chi connectivity index (χ2n) is 4.19. The zero-order chi connectivity index (χ0) is 12.4. The first-order valence-electron chi connectivity index (χ1n) is 5.54. The maximum Gasteiger partial charge on any atom is 0.312 e. The monoisotopic (exact) mass is 236 g/mol. The van der Waals surface area contributed by atoms with Crippen molar-refractivity contribution in [2.24, 2.45) is 5.92 Å². The van der Waals surface area contributed by atoms with Gasteiger partial charge in [-0.15, -0.1) is 0 Å². The third kappa shape index (κ3) is 2.20. The van der Waals surface area contributed by atoms with Crippen molar-refractivity contribution < 1.29 is 19.0 Å². The maximum atomic E-state index is 11.5. The van der Waals surface area contributed by atoms with E-state index in [0.717, 1.165) is 22.6 Å². The van der Waals surface area contributed by atoms with Crippen LogP contribution in [0.1, 0.15) is 11.1 Å². The molecule has 17 heavy (non-hydrogen) atoms. The van der Waals surface area contributed by atoms with Crippen molar-refractivity contribution in [2.45, 2.75) is 13.3 Å². The van der Waals surface area contributed by atoms with Crippen molar-refractivity contribution in [3.8, 4) is 11.5 Å². The number of fused-ring (bicyclic) bond motifs is 1. The zero-order valence-corrected chi connectivity index (χ0v) is 10.3. The number of benzene rings is 1. The van der Waals surface area contributed by atoms with Crippen molar-refractivity contribution in [3.05, 3.63) is 23.3 Å². The van der Waals surface area contributed by atoms with Crippen LogP contribution in [0.25, 0.3) is 0 Å². The number of rotatable bonds is 2. The minimum Gasteiger partial charge on any atom is -0.493 e. The lowest BCUT2D eigenvalue weighted by Gasteiger charge is -2.25. The van der Waals surface area contributed by atoms with Crippen molar-refractivity contribution in [1.29, 1.82) is 0 Å². The Balaban J connectivity index is 2.32. The van der Waals surface area contributed by atoms with Gasteiger partial charge in [0.2, 0.25) is 0 Å². The van der Waals surface area contributed by atoms with Crippen LogP contribution in [0.3, 0.4) is 0 Å². The highest BCUT2D eigenvalue weighted by Gasteiger charge is 2.28. The molecule has 0 aromatic heterocycles. The topological polar surface area (TPSA) is 44.8 Å². The van der Waals surface area contributed by atoms with Gasteiger partial charge in [-0.25, -0.2) is 0 Å². The van der Waals surface area contributed by atoms with E-state index in [4.69, 9.17) is 14.2 Å². The van der Waals surface area contributed by atoms with Gasteiger partial charge in [0.25, 0.3) is 0 Å². The summed E-state index contributed by atoms with van der Waals surface area (Å²) in [5.41, 5.74) is 2.10. The minimum atomic E-state index is -0.226. The van der Waals surface area contributed by atoms with E-state index in [0.29, 0.717) is 13.0 Å². The average molecular weight is 236 g/mol. The van der Waals surface area contributed by atoms with Gasteiger partial charge in [0.05, 0.1) is 20.1 Å². The van der Waals surface area contributed by atoms with Crippen LogP contribution in [-0.2, 0) is 16.0 Å². The predicted octanol–water partition coefficient (Wildman–Crippen LogP) is 1.73. The first-order valence-corrected chi connectivity index (χ1v) is 5.54. The molecule has 0 N–H and O–H groups in total. The molecule has 0 amide bonds. The van der Waals surface area contributed by atoms with Crippen LogP contribution in [0.15, 0.2) is 12.1 Å². The maximum absolute atomic E-state index is 11.5. The van der Waals surface area contributed by atoms with E-state index < -0.39 is 0 Å². The Morgan fingerprint density at radius 1 is 1.41 bits per heavy atom. The number of carbonyl (C=O) groups is 1. The number of methoxy groups -OCH3 is 2. The van der Waals surface area contributed by atoms with Gasteiger partial charge in [0.15, 0.2) is 11.5 Å². The average Bonchev–Trinajstić information content (AvgIpc) is 2.35. The first kappa shape index (κ1) is 11.8. The molecule has 4 nitrogen and oxygen atoms in total. The molecule has 4 heteroatoms. The Morgan fingerprint density at radius 3 is 2.82 bits per heavy atom. The fraction of sp³-hybridized carbons (Fsp3) is 0.462. The third-order valence-corrected chi connectivity index (χ3v) is 2.93.